The van der Waals surface area contributed by atoms with Crippen LogP contribution in [0.1, 0.15) is 24.0 Å². The van der Waals surface area contributed by atoms with Gasteiger partial charge in [0, 0.05) is 32.9 Å². The standard InChI is InChI=1S/C22H23F3N4O2/c1-27-18-6-3-9-26-20(18)29(21(27)31)14-15-7-10-28(11-8-15)19(30)13-16-4-2-5-17(12-16)22(23,24)25/h2-6,9,12,15H,7-8,10-11,13-14H2,1H3. The van der Waals surface area contributed by atoms with Crippen molar-refractivity contribution in [3.8, 4) is 0 Å². The van der Waals surface area contributed by atoms with E-state index in [0.717, 1.165) is 30.5 Å². The zero-order valence-electron chi connectivity index (χ0n) is 17.1. The van der Waals surface area contributed by atoms with Gasteiger partial charge in [0.15, 0.2) is 5.65 Å². The largest absolute Gasteiger partial charge is 0.416 e. The minimum atomic E-state index is -4.42. The zero-order valence-corrected chi connectivity index (χ0v) is 17.1. The minimum absolute atomic E-state index is 0.0543. The first kappa shape index (κ1) is 21.1. The van der Waals surface area contributed by atoms with Crippen LogP contribution in [0.5, 0.6) is 0 Å². The second-order valence-corrected chi connectivity index (χ2v) is 8.00. The number of rotatable bonds is 4. The van der Waals surface area contributed by atoms with Crippen molar-refractivity contribution in [1.29, 1.82) is 0 Å². The Kier molecular flexibility index (Phi) is 5.60. The Balaban J connectivity index is 1.38. The maximum absolute atomic E-state index is 12.9. The molecule has 0 aliphatic carbocycles. The lowest BCUT2D eigenvalue weighted by atomic mass is 9.96. The average Bonchev–Trinajstić information content (AvgIpc) is 2.99. The number of imidazole rings is 1. The number of hydrogen-bond acceptors (Lipinski definition) is 3. The van der Waals surface area contributed by atoms with Gasteiger partial charge in [-0.25, -0.2) is 9.78 Å². The van der Waals surface area contributed by atoms with Gasteiger partial charge in [-0.3, -0.25) is 13.9 Å². The molecule has 1 aliphatic rings. The van der Waals surface area contributed by atoms with Gasteiger partial charge in [0.2, 0.25) is 5.91 Å². The molecule has 2 aromatic heterocycles. The fourth-order valence-corrected chi connectivity index (χ4v) is 4.16. The first-order valence-corrected chi connectivity index (χ1v) is 10.2. The molecule has 31 heavy (non-hydrogen) atoms. The molecule has 1 fully saturated rings. The fraction of sp³-hybridized carbons (Fsp3) is 0.409. The molecule has 9 heteroatoms. The lowest BCUT2D eigenvalue weighted by molar-refractivity contribution is -0.138. The van der Waals surface area contributed by atoms with Crippen LogP contribution < -0.4 is 5.69 Å². The third-order valence-corrected chi connectivity index (χ3v) is 5.92. The Bertz CT molecular complexity index is 1160. The second kappa shape index (κ2) is 8.20. The monoisotopic (exact) mass is 432 g/mol. The summed E-state index contributed by atoms with van der Waals surface area (Å²) in [5.41, 5.74) is 0.928. The number of amides is 1. The van der Waals surface area contributed by atoms with Gasteiger partial charge in [0.25, 0.3) is 0 Å². The van der Waals surface area contributed by atoms with E-state index in [1.165, 1.54) is 6.07 Å². The summed E-state index contributed by atoms with van der Waals surface area (Å²) >= 11 is 0. The first-order chi connectivity index (χ1) is 14.7. The average molecular weight is 432 g/mol. The summed E-state index contributed by atoms with van der Waals surface area (Å²) < 4.78 is 41.9. The van der Waals surface area contributed by atoms with E-state index in [9.17, 15) is 22.8 Å². The van der Waals surface area contributed by atoms with Gasteiger partial charge in [0.1, 0.15) is 0 Å². The van der Waals surface area contributed by atoms with E-state index in [0.29, 0.717) is 30.8 Å². The highest BCUT2D eigenvalue weighted by atomic mass is 19.4. The van der Waals surface area contributed by atoms with Crippen molar-refractivity contribution >= 4 is 17.1 Å². The zero-order chi connectivity index (χ0) is 22.2. The fourth-order valence-electron chi connectivity index (χ4n) is 4.16. The molecule has 6 nitrogen and oxygen atoms in total. The summed E-state index contributed by atoms with van der Waals surface area (Å²) in [6, 6.07) is 8.55. The van der Waals surface area contributed by atoms with Crippen LogP contribution in [0, 0.1) is 5.92 Å². The molecule has 1 aliphatic heterocycles. The number of hydrogen-bond donors (Lipinski definition) is 0. The number of benzene rings is 1. The Hall–Kier alpha value is -3.10. The summed E-state index contributed by atoms with van der Waals surface area (Å²) in [7, 11) is 1.72. The van der Waals surface area contributed by atoms with Crippen molar-refractivity contribution in [1.82, 2.24) is 19.0 Å². The summed E-state index contributed by atoms with van der Waals surface area (Å²) in [6.07, 6.45) is -1.37. The molecule has 0 atom stereocenters. The van der Waals surface area contributed by atoms with Crippen molar-refractivity contribution in [3.63, 3.8) is 0 Å². The molecule has 0 saturated carbocycles. The van der Waals surface area contributed by atoms with E-state index in [2.05, 4.69) is 4.98 Å². The van der Waals surface area contributed by atoms with Crippen LogP contribution in [0.15, 0.2) is 47.4 Å². The Morgan fingerprint density at radius 1 is 1.16 bits per heavy atom. The molecule has 0 bridgehead atoms. The van der Waals surface area contributed by atoms with E-state index in [4.69, 9.17) is 0 Å². The van der Waals surface area contributed by atoms with E-state index in [1.54, 1.807) is 39.4 Å². The summed E-state index contributed by atoms with van der Waals surface area (Å²) in [5, 5.41) is 0. The van der Waals surface area contributed by atoms with Crippen molar-refractivity contribution in [2.45, 2.75) is 32.0 Å². The normalized spacial score (nSPS) is 15.5. The van der Waals surface area contributed by atoms with Crippen molar-refractivity contribution < 1.29 is 18.0 Å². The van der Waals surface area contributed by atoms with Crippen molar-refractivity contribution in [2.24, 2.45) is 13.0 Å². The van der Waals surface area contributed by atoms with Gasteiger partial charge in [-0.1, -0.05) is 18.2 Å². The highest BCUT2D eigenvalue weighted by Crippen LogP contribution is 2.30. The van der Waals surface area contributed by atoms with Crippen LogP contribution in [0.3, 0.4) is 0 Å². The van der Waals surface area contributed by atoms with Crippen molar-refractivity contribution in [2.75, 3.05) is 13.1 Å². The quantitative estimate of drug-likeness (QED) is 0.636. The number of piperidine rings is 1. The summed E-state index contributed by atoms with van der Waals surface area (Å²) in [6.45, 7) is 1.58. The molecule has 4 rings (SSSR count). The number of halogens is 3. The third kappa shape index (κ3) is 4.35. The summed E-state index contributed by atoms with van der Waals surface area (Å²) in [4.78, 5) is 31.2. The molecule has 3 aromatic rings. The van der Waals surface area contributed by atoms with Gasteiger partial charge >= 0.3 is 11.9 Å². The SMILES string of the molecule is Cn1c(=O)n(CC2CCN(C(=O)Cc3cccc(C(F)(F)F)c3)CC2)c2ncccc21. The van der Waals surface area contributed by atoms with Crippen LogP contribution >= 0.6 is 0 Å². The number of aromatic nitrogens is 3. The molecule has 1 aromatic carbocycles. The highest BCUT2D eigenvalue weighted by Gasteiger charge is 2.31. The Labute approximate surface area is 176 Å². The molecule has 1 amide bonds. The van der Waals surface area contributed by atoms with Crippen LogP contribution in [-0.2, 0) is 31.0 Å². The number of carbonyl (C=O) groups excluding carboxylic acids is 1. The van der Waals surface area contributed by atoms with Crippen LogP contribution in [0.25, 0.3) is 11.2 Å². The number of fused-ring (bicyclic) bond motifs is 1. The number of carbonyl (C=O) groups is 1. The third-order valence-electron chi connectivity index (χ3n) is 5.92. The molecule has 0 spiro atoms. The first-order valence-electron chi connectivity index (χ1n) is 10.2. The van der Waals surface area contributed by atoms with Gasteiger partial charge in [0.05, 0.1) is 17.5 Å². The van der Waals surface area contributed by atoms with E-state index in [-0.39, 0.29) is 23.9 Å². The molecule has 1 saturated heterocycles. The molecule has 164 valence electrons. The van der Waals surface area contributed by atoms with E-state index >= 15 is 0 Å². The summed E-state index contributed by atoms with van der Waals surface area (Å²) in [5.74, 6) is 0.0460. The minimum Gasteiger partial charge on any atom is -0.342 e. The molecule has 0 radical (unpaired) electrons. The van der Waals surface area contributed by atoms with Gasteiger partial charge in [-0.05, 0) is 42.5 Å². The van der Waals surface area contributed by atoms with Gasteiger partial charge < -0.3 is 4.90 Å². The Morgan fingerprint density at radius 2 is 1.90 bits per heavy atom. The van der Waals surface area contributed by atoms with Crippen LogP contribution in [0.4, 0.5) is 13.2 Å². The van der Waals surface area contributed by atoms with Gasteiger partial charge in [-0.15, -0.1) is 0 Å². The van der Waals surface area contributed by atoms with E-state index < -0.39 is 11.7 Å². The number of nitrogens with zero attached hydrogens (tertiary/aromatic N) is 4. The molecular weight excluding hydrogens is 409 g/mol. The molecule has 3 heterocycles. The molecular formula is C22H23F3N4O2. The number of aryl methyl sites for hydroxylation is 1. The predicted molar refractivity (Wildman–Crippen MR) is 109 cm³/mol. The van der Waals surface area contributed by atoms with Crippen molar-refractivity contribution in [3.05, 3.63) is 64.2 Å². The highest BCUT2D eigenvalue weighted by molar-refractivity contribution is 5.79. The van der Waals surface area contributed by atoms with Gasteiger partial charge in [-0.2, -0.15) is 13.2 Å². The number of pyridine rings is 1. The number of likely N-dealkylation sites (tertiary alicyclic amines) is 1. The topological polar surface area (TPSA) is 60.1 Å². The maximum atomic E-state index is 12.9. The molecule has 0 unspecified atom stereocenters. The lowest BCUT2D eigenvalue weighted by Crippen LogP contribution is -2.40. The molecule has 0 N–H and O–H groups in total. The smallest absolute Gasteiger partial charge is 0.342 e. The van der Waals surface area contributed by atoms with Crippen LogP contribution in [0.2, 0.25) is 0 Å². The Morgan fingerprint density at radius 3 is 2.61 bits per heavy atom. The lowest BCUT2D eigenvalue weighted by Gasteiger charge is -2.32. The predicted octanol–water partition coefficient (Wildman–Crippen LogP) is 3.24. The van der Waals surface area contributed by atoms with Crippen LogP contribution in [-0.4, -0.2) is 38.0 Å². The second-order valence-electron chi connectivity index (χ2n) is 8.00. The van der Waals surface area contributed by atoms with E-state index in [1.807, 2.05) is 6.07 Å². The number of alkyl halides is 3. The maximum Gasteiger partial charge on any atom is 0.416 e.